The molecule has 0 aliphatic heterocycles. The van der Waals surface area contributed by atoms with Crippen molar-refractivity contribution < 1.29 is 9.21 Å². The number of hydrogen-bond donors (Lipinski definition) is 2. The second kappa shape index (κ2) is 5.28. The van der Waals surface area contributed by atoms with E-state index in [1.54, 1.807) is 12.3 Å². The van der Waals surface area contributed by atoms with E-state index in [4.69, 9.17) is 4.42 Å². The second-order valence-electron chi connectivity index (χ2n) is 5.52. The number of rotatable bonds is 3. The van der Waals surface area contributed by atoms with Crippen molar-refractivity contribution in [2.45, 2.75) is 13.0 Å². The van der Waals surface area contributed by atoms with Crippen LogP contribution in [0, 0.1) is 0 Å². The van der Waals surface area contributed by atoms with Gasteiger partial charge in [-0.05, 0) is 31.2 Å². The first-order valence-electron chi connectivity index (χ1n) is 7.44. The van der Waals surface area contributed by atoms with Crippen LogP contribution in [0.2, 0.25) is 0 Å². The van der Waals surface area contributed by atoms with Gasteiger partial charge in [0.1, 0.15) is 11.3 Å². The fourth-order valence-electron chi connectivity index (χ4n) is 2.73. The van der Waals surface area contributed by atoms with Crippen LogP contribution in [-0.4, -0.2) is 16.1 Å². The normalized spacial score (nSPS) is 12.6. The molecule has 5 nitrogen and oxygen atoms in total. The smallest absolute Gasteiger partial charge is 0.252 e. The van der Waals surface area contributed by atoms with E-state index in [9.17, 15) is 4.79 Å². The van der Waals surface area contributed by atoms with E-state index in [1.807, 2.05) is 49.4 Å². The van der Waals surface area contributed by atoms with Gasteiger partial charge in [0.2, 0.25) is 0 Å². The second-order valence-corrected chi connectivity index (χ2v) is 5.52. The molecule has 2 N–H and O–H groups in total. The third-order valence-corrected chi connectivity index (χ3v) is 3.95. The van der Waals surface area contributed by atoms with Crippen molar-refractivity contribution in [3.63, 3.8) is 0 Å². The molecule has 2 heterocycles. The van der Waals surface area contributed by atoms with Crippen LogP contribution in [0.4, 0.5) is 0 Å². The van der Waals surface area contributed by atoms with Gasteiger partial charge in [-0.25, -0.2) is 0 Å². The minimum absolute atomic E-state index is 0.148. The quantitative estimate of drug-likeness (QED) is 0.605. The number of furan rings is 1. The third-order valence-electron chi connectivity index (χ3n) is 3.95. The molecule has 114 valence electrons. The number of para-hydroxylation sites is 1. The van der Waals surface area contributed by atoms with Crippen LogP contribution >= 0.6 is 0 Å². The molecule has 4 aromatic rings. The summed E-state index contributed by atoms with van der Waals surface area (Å²) in [6.07, 6.45) is 1.66. The standard InChI is InChI=1S/C18H15N3O2/c1-11(17-9-12-5-2-3-8-16(12)23-17)20-18(22)13-6-4-7-15-14(13)10-19-21-15/h2-11H,1H3,(H,19,21)(H,20,22)/t11-/m0/s1. The Morgan fingerprint density at radius 3 is 2.96 bits per heavy atom. The monoisotopic (exact) mass is 305 g/mol. The number of amides is 1. The Kier molecular flexibility index (Phi) is 3.12. The molecule has 0 aliphatic rings. The first-order chi connectivity index (χ1) is 11.2. The lowest BCUT2D eigenvalue weighted by Gasteiger charge is -2.11. The van der Waals surface area contributed by atoms with E-state index >= 15 is 0 Å². The summed E-state index contributed by atoms with van der Waals surface area (Å²) in [5.74, 6) is 0.587. The molecule has 2 aromatic heterocycles. The fourth-order valence-corrected chi connectivity index (χ4v) is 2.73. The largest absolute Gasteiger partial charge is 0.459 e. The summed E-state index contributed by atoms with van der Waals surface area (Å²) < 4.78 is 5.81. The zero-order chi connectivity index (χ0) is 15.8. The number of fused-ring (bicyclic) bond motifs is 2. The number of hydrogen-bond acceptors (Lipinski definition) is 3. The first kappa shape index (κ1) is 13.6. The molecule has 0 fully saturated rings. The number of H-pyrrole nitrogens is 1. The van der Waals surface area contributed by atoms with Gasteiger partial charge in [-0.3, -0.25) is 9.89 Å². The Bertz CT molecular complexity index is 967. The highest BCUT2D eigenvalue weighted by Crippen LogP contribution is 2.24. The average Bonchev–Trinajstić information content (AvgIpc) is 3.20. The van der Waals surface area contributed by atoms with Gasteiger partial charge in [-0.1, -0.05) is 24.3 Å². The van der Waals surface area contributed by atoms with Crippen LogP contribution in [-0.2, 0) is 0 Å². The maximum atomic E-state index is 12.6. The lowest BCUT2D eigenvalue weighted by atomic mass is 10.1. The molecule has 5 heteroatoms. The summed E-state index contributed by atoms with van der Waals surface area (Å²) >= 11 is 0. The van der Waals surface area contributed by atoms with Crippen LogP contribution in [0.5, 0.6) is 0 Å². The number of carbonyl (C=O) groups is 1. The molecule has 0 saturated heterocycles. The first-order valence-corrected chi connectivity index (χ1v) is 7.44. The lowest BCUT2D eigenvalue weighted by molar-refractivity contribution is 0.0937. The number of nitrogens with one attached hydrogen (secondary N) is 2. The highest BCUT2D eigenvalue weighted by molar-refractivity contribution is 6.06. The summed E-state index contributed by atoms with van der Waals surface area (Å²) in [5, 5.41) is 11.7. The minimum atomic E-state index is -0.225. The minimum Gasteiger partial charge on any atom is -0.459 e. The SMILES string of the molecule is C[C@H](NC(=O)c1cccc2[nH]ncc12)c1cc2ccccc2o1. The lowest BCUT2D eigenvalue weighted by Crippen LogP contribution is -2.26. The molecule has 0 spiro atoms. The van der Waals surface area contributed by atoms with Crippen molar-refractivity contribution in [3.05, 3.63) is 66.1 Å². The molecular weight excluding hydrogens is 290 g/mol. The van der Waals surface area contributed by atoms with Crippen molar-refractivity contribution in [1.82, 2.24) is 15.5 Å². The molecule has 0 radical (unpaired) electrons. The van der Waals surface area contributed by atoms with Crippen LogP contribution in [0.25, 0.3) is 21.9 Å². The van der Waals surface area contributed by atoms with Gasteiger partial charge in [0.25, 0.3) is 5.91 Å². The van der Waals surface area contributed by atoms with E-state index < -0.39 is 0 Å². The van der Waals surface area contributed by atoms with Crippen molar-refractivity contribution in [3.8, 4) is 0 Å². The molecule has 0 unspecified atom stereocenters. The number of nitrogens with zero attached hydrogens (tertiary/aromatic N) is 1. The number of carbonyl (C=O) groups excluding carboxylic acids is 1. The van der Waals surface area contributed by atoms with Gasteiger partial charge in [-0.2, -0.15) is 5.10 Å². The zero-order valence-corrected chi connectivity index (χ0v) is 12.5. The molecule has 2 aromatic carbocycles. The van der Waals surface area contributed by atoms with Gasteiger partial charge in [0.05, 0.1) is 23.3 Å². The van der Waals surface area contributed by atoms with E-state index in [-0.39, 0.29) is 11.9 Å². The molecule has 23 heavy (non-hydrogen) atoms. The van der Waals surface area contributed by atoms with E-state index in [2.05, 4.69) is 15.5 Å². The van der Waals surface area contributed by atoms with Crippen molar-refractivity contribution >= 4 is 27.8 Å². The van der Waals surface area contributed by atoms with Gasteiger partial charge in [-0.15, -0.1) is 0 Å². The molecule has 4 rings (SSSR count). The predicted molar refractivity (Wildman–Crippen MR) is 88.2 cm³/mol. The van der Waals surface area contributed by atoms with E-state index in [1.165, 1.54) is 0 Å². The van der Waals surface area contributed by atoms with Crippen molar-refractivity contribution in [2.24, 2.45) is 0 Å². The van der Waals surface area contributed by atoms with Crippen LogP contribution in [0.15, 0.2) is 59.1 Å². The topological polar surface area (TPSA) is 70.9 Å². The van der Waals surface area contributed by atoms with E-state index in [0.29, 0.717) is 5.56 Å². The van der Waals surface area contributed by atoms with Gasteiger partial charge in [0, 0.05) is 10.8 Å². The van der Waals surface area contributed by atoms with Crippen LogP contribution in [0.3, 0.4) is 0 Å². The van der Waals surface area contributed by atoms with Crippen LogP contribution in [0.1, 0.15) is 29.1 Å². The molecule has 0 aliphatic carbocycles. The zero-order valence-electron chi connectivity index (χ0n) is 12.5. The summed E-state index contributed by atoms with van der Waals surface area (Å²) in [4.78, 5) is 12.6. The van der Waals surface area contributed by atoms with Crippen molar-refractivity contribution in [2.75, 3.05) is 0 Å². The number of aromatic nitrogens is 2. The van der Waals surface area contributed by atoms with Gasteiger partial charge in [0.15, 0.2) is 0 Å². The fraction of sp³-hybridized carbons (Fsp3) is 0.111. The predicted octanol–water partition coefficient (Wildman–Crippen LogP) is 3.80. The summed E-state index contributed by atoms with van der Waals surface area (Å²) in [6.45, 7) is 1.91. The Hall–Kier alpha value is -3.08. The molecular formula is C18H15N3O2. The Morgan fingerprint density at radius 2 is 2.09 bits per heavy atom. The molecule has 1 atom stereocenters. The summed E-state index contributed by atoms with van der Waals surface area (Å²) in [6, 6.07) is 15.0. The van der Waals surface area contributed by atoms with Gasteiger partial charge >= 0.3 is 0 Å². The third kappa shape index (κ3) is 2.36. The Balaban J connectivity index is 1.61. The maximum absolute atomic E-state index is 12.6. The summed E-state index contributed by atoms with van der Waals surface area (Å²) in [5.41, 5.74) is 2.26. The number of benzene rings is 2. The Morgan fingerprint density at radius 1 is 1.22 bits per heavy atom. The highest BCUT2D eigenvalue weighted by Gasteiger charge is 2.17. The Labute approximate surface area is 132 Å². The highest BCUT2D eigenvalue weighted by atomic mass is 16.3. The number of aromatic amines is 1. The molecule has 1 amide bonds. The van der Waals surface area contributed by atoms with Crippen LogP contribution < -0.4 is 5.32 Å². The molecule has 0 saturated carbocycles. The average molecular weight is 305 g/mol. The van der Waals surface area contributed by atoms with E-state index in [0.717, 1.165) is 27.6 Å². The summed E-state index contributed by atoms with van der Waals surface area (Å²) in [7, 11) is 0. The maximum Gasteiger partial charge on any atom is 0.252 e. The van der Waals surface area contributed by atoms with Crippen molar-refractivity contribution in [1.29, 1.82) is 0 Å². The van der Waals surface area contributed by atoms with Gasteiger partial charge < -0.3 is 9.73 Å². The molecule has 0 bridgehead atoms.